The lowest BCUT2D eigenvalue weighted by Crippen LogP contribution is -2.27. The van der Waals surface area contributed by atoms with E-state index in [9.17, 15) is 4.79 Å². The van der Waals surface area contributed by atoms with Crippen molar-refractivity contribution in [1.82, 2.24) is 14.5 Å². The number of methoxy groups -OCH3 is 2. The predicted molar refractivity (Wildman–Crippen MR) is 113 cm³/mol. The number of hydrogen-bond donors (Lipinski definition) is 1. The summed E-state index contributed by atoms with van der Waals surface area (Å²) < 4.78 is 13.1. The Bertz CT molecular complexity index is 1070. The number of nitrogen functional groups attached to an aromatic ring is 1. The average Bonchev–Trinajstić information content (AvgIpc) is 3.38. The first-order chi connectivity index (χ1) is 14.0. The van der Waals surface area contributed by atoms with Gasteiger partial charge in [0.05, 0.1) is 25.8 Å². The van der Waals surface area contributed by atoms with Crippen LogP contribution in [0.5, 0.6) is 11.5 Å². The highest BCUT2D eigenvalue weighted by molar-refractivity contribution is 6.02. The summed E-state index contributed by atoms with van der Waals surface area (Å²) in [6.07, 6.45) is 6.04. The highest BCUT2D eigenvalue weighted by Crippen LogP contribution is 2.39. The van der Waals surface area contributed by atoms with E-state index in [0.717, 1.165) is 28.5 Å². The molecule has 0 unspecified atom stereocenters. The van der Waals surface area contributed by atoms with Crippen molar-refractivity contribution in [3.63, 3.8) is 0 Å². The molecule has 1 aliphatic heterocycles. The Balaban J connectivity index is 1.85. The van der Waals surface area contributed by atoms with Crippen molar-refractivity contribution in [2.75, 3.05) is 33.0 Å². The van der Waals surface area contributed by atoms with E-state index in [2.05, 4.69) is 22.3 Å². The zero-order valence-corrected chi connectivity index (χ0v) is 16.6. The van der Waals surface area contributed by atoms with Gasteiger partial charge in [0.15, 0.2) is 0 Å². The van der Waals surface area contributed by atoms with Gasteiger partial charge in [-0.05, 0) is 36.3 Å². The van der Waals surface area contributed by atoms with Gasteiger partial charge in [-0.2, -0.15) is 0 Å². The molecule has 1 saturated heterocycles. The Morgan fingerprint density at radius 3 is 2.66 bits per heavy atom. The lowest BCUT2D eigenvalue weighted by molar-refractivity contribution is -0.125. The number of rotatable bonds is 5. The minimum Gasteiger partial charge on any atom is -0.497 e. The van der Waals surface area contributed by atoms with Crippen molar-refractivity contribution in [3.05, 3.63) is 49.3 Å². The predicted octanol–water partition coefficient (Wildman–Crippen LogP) is 3.26. The molecule has 2 aromatic heterocycles. The summed E-state index contributed by atoms with van der Waals surface area (Å²) in [7, 11) is 3.25. The van der Waals surface area contributed by atoms with Crippen LogP contribution in [0.2, 0.25) is 0 Å². The molecule has 150 valence electrons. The minimum absolute atomic E-state index is 0.0390. The topological polar surface area (TPSA) is 82.6 Å². The number of ether oxygens (including phenoxy) is 2. The van der Waals surface area contributed by atoms with Crippen molar-refractivity contribution in [2.24, 2.45) is 0 Å². The second-order valence-corrected chi connectivity index (χ2v) is 7.07. The number of carbonyl (C=O) groups is 1. The number of anilines is 1. The van der Waals surface area contributed by atoms with Crippen molar-refractivity contribution in [3.8, 4) is 22.6 Å². The average molecular weight is 392 g/mol. The molecular weight excluding hydrogens is 368 g/mol. The Morgan fingerprint density at radius 2 is 2.00 bits per heavy atom. The zero-order valence-electron chi connectivity index (χ0n) is 16.6. The third kappa shape index (κ3) is 3.29. The summed E-state index contributed by atoms with van der Waals surface area (Å²) in [4.78, 5) is 18.1. The van der Waals surface area contributed by atoms with E-state index in [1.54, 1.807) is 20.4 Å². The summed E-state index contributed by atoms with van der Waals surface area (Å²) in [6, 6.07) is 7.86. The number of pyridine rings is 1. The van der Waals surface area contributed by atoms with Crippen molar-refractivity contribution in [2.45, 2.75) is 12.5 Å². The number of benzene rings is 1. The quantitative estimate of drug-likeness (QED) is 0.674. The number of aromatic nitrogens is 2. The Morgan fingerprint density at radius 1 is 1.28 bits per heavy atom. The van der Waals surface area contributed by atoms with E-state index in [0.29, 0.717) is 30.4 Å². The zero-order chi connectivity index (χ0) is 20.5. The molecule has 4 rings (SSSR count). The van der Waals surface area contributed by atoms with Crippen LogP contribution in [-0.2, 0) is 4.79 Å². The SMILES string of the molecule is C=CC(=O)N1CC[C@H](n2cc(-c3cc(OC)cc(OC)c3)c3c(N)nccc32)C1. The number of amides is 1. The van der Waals surface area contributed by atoms with Gasteiger partial charge in [-0.1, -0.05) is 6.58 Å². The summed E-state index contributed by atoms with van der Waals surface area (Å²) in [6.45, 7) is 4.94. The molecule has 29 heavy (non-hydrogen) atoms. The maximum atomic E-state index is 12.0. The molecule has 0 aliphatic carbocycles. The lowest BCUT2D eigenvalue weighted by Gasteiger charge is -2.16. The van der Waals surface area contributed by atoms with Crippen LogP contribution >= 0.6 is 0 Å². The number of hydrogen-bond acceptors (Lipinski definition) is 5. The molecule has 3 aromatic rings. The molecule has 0 spiro atoms. The van der Waals surface area contributed by atoms with Crippen LogP contribution in [0, 0.1) is 0 Å². The van der Waals surface area contributed by atoms with Gasteiger partial charge in [-0.3, -0.25) is 4.79 Å². The van der Waals surface area contributed by atoms with Gasteiger partial charge in [0.25, 0.3) is 0 Å². The fourth-order valence-electron chi connectivity index (χ4n) is 4.01. The molecule has 1 atom stereocenters. The van der Waals surface area contributed by atoms with E-state index >= 15 is 0 Å². The Labute approximate surface area is 169 Å². The first kappa shape index (κ1) is 18.9. The van der Waals surface area contributed by atoms with E-state index < -0.39 is 0 Å². The standard InChI is InChI=1S/C22H24N4O3/c1-4-20(27)25-8-6-15(12-25)26-13-18(21-19(26)5-7-24-22(21)23)14-9-16(28-2)11-17(10-14)29-3/h4-5,7,9-11,13,15H,1,6,8,12H2,2-3H3,(H2,23,24)/t15-/m0/s1. The molecule has 0 saturated carbocycles. The van der Waals surface area contributed by atoms with Crippen LogP contribution in [-0.4, -0.2) is 47.7 Å². The molecule has 1 aliphatic rings. The number of carbonyl (C=O) groups excluding carboxylic acids is 1. The van der Waals surface area contributed by atoms with Crippen LogP contribution < -0.4 is 15.2 Å². The highest BCUT2D eigenvalue weighted by atomic mass is 16.5. The minimum atomic E-state index is -0.0390. The van der Waals surface area contributed by atoms with Crippen molar-refractivity contribution >= 4 is 22.6 Å². The van der Waals surface area contributed by atoms with Crippen LogP contribution in [0.1, 0.15) is 12.5 Å². The summed E-state index contributed by atoms with van der Waals surface area (Å²) in [5.74, 6) is 1.83. The molecule has 1 aromatic carbocycles. The van der Waals surface area contributed by atoms with Crippen LogP contribution in [0.15, 0.2) is 49.3 Å². The maximum Gasteiger partial charge on any atom is 0.246 e. The molecule has 0 radical (unpaired) electrons. The monoisotopic (exact) mass is 392 g/mol. The molecule has 0 bridgehead atoms. The molecule has 1 amide bonds. The summed E-state index contributed by atoms with van der Waals surface area (Å²) in [5.41, 5.74) is 9.16. The second-order valence-electron chi connectivity index (χ2n) is 7.07. The first-order valence-corrected chi connectivity index (χ1v) is 9.45. The third-order valence-corrected chi connectivity index (χ3v) is 5.48. The molecular formula is C22H24N4O3. The van der Waals surface area contributed by atoms with E-state index in [4.69, 9.17) is 15.2 Å². The van der Waals surface area contributed by atoms with Crippen LogP contribution in [0.3, 0.4) is 0 Å². The van der Waals surface area contributed by atoms with Gasteiger partial charge in [0.1, 0.15) is 17.3 Å². The molecule has 3 heterocycles. The summed E-state index contributed by atoms with van der Waals surface area (Å²) >= 11 is 0. The number of fused-ring (bicyclic) bond motifs is 1. The largest absolute Gasteiger partial charge is 0.497 e. The number of nitrogens with two attached hydrogens (primary N) is 1. The normalized spacial score (nSPS) is 16.2. The number of nitrogens with zero attached hydrogens (tertiary/aromatic N) is 3. The van der Waals surface area contributed by atoms with E-state index in [-0.39, 0.29) is 11.9 Å². The third-order valence-electron chi connectivity index (χ3n) is 5.48. The Kier molecular flexibility index (Phi) is 4.88. The van der Waals surface area contributed by atoms with Gasteiger partial charge in [0.2, 0.25) is 5.91 Å². The summed E-state index contributed by atoms with van der Waals surface area (Å²) in [5, 5.41) is 0.885. The Hall–Kier alpha value is -3.48. The fraction of sp³-hybridized carbons (Fsp3) is 0.273. The molecule has 2 N–H and O–H groups in total. The van der Waals surface area contributed by atoms with Gasteiger partial charge in [-0.25, -0.2) is 4.98 Å². The molecule has 7 heteroatoms. The number of likely N-dealkylation sites (tertiary alicyclic amines) is 1. The fourth-order valence-corrected chi connectivity index (χ4v) is 4.01. The van der Waals surface area contributed by atoms with E-state index in [1.807, 2.05) is 29.2 Å². The van der Waals surface area contributed by atoms with Gasteiger partial charge >= 0.3 is 0 Å². The van der Waals surface area contributed by atoms with Crippen molar-refractivity contribution < 1.29 is 14.3 Å². The van der Waals surface area contributed by atoms with Gasteiger partial charge in [-0.15, -0.1) is 0 Å². The lowest BCUT2D eigenvalue weighted by atomic mass is 10.0. The van der Waals surface area contributed by atoms with Crippen LogP contribution in [0.4, 0.5) is 5.82 Å². The highest BCUT2D eigenvalue weighted by Gasteiger charge is 2.28. The van der Waals surface area contributed by atoms with E-state index in [1.165, 1.54) is 6.08 Å². The first-order valence-electron chi connectivity index (χ1n) is 9.45. The maximum absolute atomic E-state index is 12.0. The van der Waals surface area contributed by atoms with Crippen LogP contribution in [0.25, 0.3) is 22.0 Å². The molecule has 1 fully saturated rings. The van der Waals surface area contributed by atoms with Gasteiger partial charge < -0.3 is 24.7 Å². The van der Waals surface area contributed by atoms with Gasteiger partial charge in [0, 0.05) is 42.5 Å². The van der Waals surface area contributed by atoms with Crippen molar-refractivity contribution in [1.29, 1.82) is 0 Å². The second kappa shape index (κ2) is 7.50. The molecule has 7 nitrogen and oxygen atoms in total. The smallest absolute Gasteiger partial charge is 0.246 e.